The van der Waals surface area contributed by atoms with E-state index in [9.17, 15) is 14.0 Å². The molecule has 1 aromatic carbocycles. The van der Waals surface area contributed by atoms with Gasteiger partial charge in [-0.05, 0) is 12.5 Å². The van der Waals surface area contributed by atoms with Crippen LogP contribution in [0.2, 0.25) is 5.02 Å². The van der Waals surface area contributed by atoms with Gasteiger partial charge in [0, 0.05) is 31.3 Å². The number of carbonyl (C=O) groups is 1. The van der Waals surface area contributed by atoms with Gasteiger partial charge in [-0.1, -0.05) is 29.4 Å². The largest absolute Gasteiger partial charge is 0.497 e. The Kier molecular flexibility index (Phi) is 13.6. The summed E-state index contributed by atoms with van der Waals surface area (Å²) in [6.45, 7) is 2.77. The molecule has 35 heavy (non-hydrogen) atoms. The van der Waals surface area contributed by atoms with E-state index in [0.717, 1.165) is 11.8 Å². The molecule has 1 aromatic heterocycles. The van der Waals surface area contributed by atoms with Crippen molar-refractivity contribution in [2.45, 2.75) is 23.2 Å². The second-order valence-corrected chi connectivity index (χ2v) is 8.68. The predicted octanol–water partition coefficient (Wildman–Crippen LogP) is 1.75. The first-order valence-corrected chi connectivity index (χ1v) is 12.1. The number of aromatic amines is 1. The topological polar surface area (TPSA) is 138 Å². The van der Waals surface area contributed by atoms with Gasteiger partial charge in [-0.2, -0.15) is 0 Å². The maximum Gasteiger partial charge on any atom is 0.345 e. The first-order valence-electron chi connectivity index (χ1n) is 10.9. The Bertz CT molecular complexity index is 983. The average Bonchev–Trinajstić information content (AvgIpc) is 2.85. The molecule has 0 saturated heterocycles. The minimum atomic E-state index is -0.669. The number of amides is 1. The van der Waals surface area contributed by atoms with Crippen molar-refractivity contribution in [2.24, 2.45) is 5.73 Å². The minimum Gasteiger partial charge on any atom is -0.497 e. The highest BCUT2D eigenvalue weighted by Gasteiger charge is 2.22. The first kappa shape index (κ1) is 29.0. The number of carbonyl (C=O) groups excluding carboxylic acids is 1. The number of benzene rings is 1. The number of H-pyrrole nitrogens is 1. The van der Waals surface area contributed by atoms with Crippen molar-refractivity contribution in [3.8, 4) is 5.75 Å². The van der Waals surface area contributed by atoms with Crippen molar-refractivity contribution in [1.29, 1.82) is 0 Å². The van der Waals surface area contributed by atoms with Crippen molar-refractivity contribution in [3.63, 3.8) is 0 Å². The highest BCUT2D eigenvalue weighted by molar-refractivity contribution is 8.00. The van der Waals surface area contributed by atoms with E-state index in [0.29, 0.717) is 62.3 Å². The van der Waals surface area contributed by atoms with E-state index in [1.807, 2.05) is 0 Å². The fraction of sp³-hybridized carbons (Fsp3) is 0.500. The molecule has 2 rings (SSSR count). The van der Waals surface area contributed by atoms with Gasteiger partial charge >= 0.3 is 5.69 Å². The molecule has 1 unspecified atom stereocenters. The summed E-state index contributed by atoms with van der Waals surface area (Å²) in [5, 5.41) is 2.57. The minimum absolute atomic E-state index is 0.0206. The van der Waals surface area contributed by atoms with E-state index in [4.69, 9.17) is 36.3 Å². The normalized spacial score (nSPS) is 11.9. The van der Waals surface area contributed by atoms with Gasteiger partial charge in [0.1, 0.15) is 11.6 Å². The van der Waals surface area contributed by atoms with E-state index < -0.39 is 16.8 Å². The number of ether oxygens (including phenoxy) is 4. The van der Waals surface area contributed by atoms with E-state index in [2.05, 4.69) is 15.3 Å². The molecule has 1 atom stereocenters. The molecule has 2 aromatic rings. The zero-order chi connectivity index (χ0) is 25.5. The van der Waals surface area contributed by atoms with Gasteiger partial charge in [-0.25, -0.2) is 14.2 Å². The van der Waals surface area contributed by atoms with Crippen molar-refractivity contribution in [3.05, 3.63) is 51.3 Å². The second kappa shape index (κ2) is 16.5. The summed E-state index contributed by atoms with van der Waals surface area (Å²) in [6, 6.07) is 4.39. The smallest absolute Gasteiger partial charge is 0.345 e. The maximum absolute atomic E-state index is 14.2. The van der Waals surface area contributed by atoms with Crippen molar-refractivity contribution < 1.29 is 28.1 Å². The summed E-state index contributed by atoms with van der Waals surface area (Å²) < 4.78 is 35.4. The van der Waals surface area contributed by atoms with E-state index in [1.165, 1.54) is 25.4 Å². The average molecular weight is 533 g/mol. The number of aromatic nitrogens is 2. The summed E-state index contributed by atoms with van der Waals surface area (Å²) in [7, 11) is 1.44. The second-order valence-electron chi connectivity index (χ2n) is 7.06. The molecule has 0 radical (unpaired) electrons. The number of nitrogens with two attached hydrogens (primary N) is 1. The highest BCUT2D eigenvalue weighted by atomic mass is 35.5. The Hall–Kier alpha value is -2.22. The van der Waals surface area contributed by atoms with Gasteiger partial charge in [-0.3, -0.25) is 9.78 Å². The Morgan fingerprint density at radius 1 is 1.20 bits per heavy atom. The summed E-state index contributed by atoms with van der Waals surface area (Å²) in [6.07, 6.45) is 1.53. The summed E-state index contributed by atoms with van der Waals surface area (Å²) in [5.41, 5.74) is 5.06. The first-order chi connectivity index (χ1) is 16.9. The predicted molar refractivity (Wildman–Crippen MR) is 130 cm³/mol. The molecule has 194 valence electrons. The van der Waals surface area contributed by atoms with Crippen LogP contribution in [0.4, 0.5) is 4.39 Å². The molecule has 1 heterocycles. The standard InChI is InChI=1S/C22H30ClFN4O6S/c1-31-16-3-2-15(18(24)12-16)13-26-20(29)19(35-21-17(23)14-27-22(30)28-21)4-6-32-8-10-34-11-9-33-7-5-25/h2-3,12,14,19H,4-11,13,25H2,1H3,(H,26,29)(H,27,28,30). The quantitative estimate of drug-likeness (QED) is 0.158. The van der Waals surface area contributed by atoms with Crippen LogP contribution in [-0.4, -0.2) is 74.4 Å². The van der Waals surface area contributed by atoms with Gasteiger partial charge < -0.3 is 30.0 Å². The Labute approximate surface area is 212 Å². The van der Waals surface area contributed by atoms with Crippen LogP contribution >= 0.6 is 23.4 Å². The highest BCUT2D eigenvalue weighted by Crippen LogP contribution is 2.29. The summed E-state index contributed by atoms with van der Waals surface area (Å²) in [5.74, 6) is -0.477. The number of halogens is 2. The van der Waals surface area contributed by atoms with Crippen LogP contribution in [0.25, 0.3) is 0 Å². The Morgan fingerprint density at radius 2 is 1.89 bits per heavy atom. The number of hydrogen-bond acceptors (Lipinski definition) is 9. The molecule has 4 N–H and O–H groups in total. The lowest BCUT2D eigenvalue weighted by atomic mass is 10.2. The molecule has 0 spiro atoms. The van der Waals surface area contributed by atoms with Gasteiger partial charge in [-0.15, -0.1) is 0 Å². The lowest BCUT2D eigenvalue weighted by Gasteiger charge is -2.17. The van der Waals surface area contributed by atoms with E-state index in [-0.39, 0.29) is 24.1 Å². The van der Waals surface area contributed by atoms with Crippen molar-refractivity contribution >= 4 is 29.3 Å². The molecule has 0 aliphatic rings. The van der Waals surface area contributed by atoms with E-state index in [1.54, 1.807) is 6.07 Å². The van der Waals surface area contributed by atoms with Crippen LogP contribution in [0.5, 0.6) is 5.75 Å². The van der Waals surface area contributed by atoms with Gasteiger partial charge in [0.15, 0.2) is 0 Å². The van der Waals surface area contributed by atoms with Crippen LogP contribution in [0.1, 0.15) is 12.0 Å². The maximum atomic E-state index is 14.2. The van der Waals surface area contributed by atoms with Crippen LogP contribution in [0.15, 0.2) is 34.2 Å². The van der Waals surface area contributed by atoms with Gasteiger partial charge in [0.2, 0.25) is 5.91 Å². The molecule has 10 nitrogen and oxygen atoms in total. The Morgan fingerprint density at radius 3 is 2.54 bits per heavy atom. The molecular formula is C22H30ClFN4O6S. The fourth-order valence-electron chi connectivity index (χ4n) is 2.74. The van der Waals surface area contributed by atoms with E-state index >= 15 is 0 Å². The van der Waals surface area contributed by atoms with Crippen LogP contribution < -0.4 is 21.5 Å². The molecule has 13 heteroatoms. The SMILES string of the molecule is COc1ccc(CNC(=O)C(CCOCCOCCOCCN)Sc2[nH]c(=O)ncc2Cl)c(F)c1. The zero-order valence-electron chi connectivity index (χ0n) is 19.4. The molecule has 0 bridgehead atoms. The number of nitrogens with one attached hydrogen (secondary N) is 2. The lowest BCUT2D eigenvalue weighted by molar-refractivity contribution is -0.121. The number of nitrogens with zero attached hydrogens (tertiary/aromatic N) is 1. The number of methoxy groups -OCH3 is 1. The molecule has 0 fully saturated rings. The fourth-order valence-corrected chi connectivity index (χ4v) is 3.97. The lowest BCUT2D eigenvalue weighted by Crippen LogP contribution is -2.33. The summed E-state index contributed by atoms with van der Waals surface area (Å²) in [4.78, 5) is 30.6. The molecule has 0 saturated carbocycles. The third-order valence-corrected chi connectivity index (χ3v) is 6.22. The number of rotatable bonds is 17. The van der Waals surface area contributed by atoms with Gasteiger partial charge in [0.05, 0.1) is 61.6 Å². The third-order valence-electron chi connectivity index (χ3n) is 4.53. The number of hydrogen-bond donors (Lipinski definition) is 3. The van der Waals surface area contributed by atoms with Crippen LogP contribution in [0, 0.1) is 5.82 Å². The van der Waals surface area contributed by atoms with Crippen LogP contribution in [-0.2, 0) is 25.5 Å². The summed E-state index contributed by atoms with van der Waals surface area (Å²) >= 11 is 7.19. The third kappa shape index (κ3) is 10.9. The Balaban J connectivity index is 1.89. The number of thioether (sulfide) groups is 1. The van der Waals surface area contributed by atoms with Gasteiger partial charge in [0.25, 0.3) is 0 Å². The molecule has 1 amide bonds. The molecule has 0 aliphatic carbocycles. The van der Waals surface area contributed by atoms with Crippen LogP contribution in [0.3, 0.4) is 0 Å². The molecule has 0 aliphatic heterocycles. The monoisotopic (exact) mass is 532 g/mol. The van der Waals surface area contributed by atoms with Crippen molar-refractivity contribution in [1.82, 2.24) is 15.3 Å². The zero-order valence-corrected chi connectivity index (χ0v) is 21.0. The molecular weight excluding hydrogens is 503 g/mol. The van der Waals surface area contributed by atoms with Crippen molar-refractivity contribution in [2.75, 3.05) is 53.3 Å².